The van der Waals surface area contributed by atoms with Gasteiger partial charge in [-0.05, 0) is 55.5 Å². The van der Waals surface area contributed by atoms with Crippen LogP contribution >= 0.6 is 23.1 Å². The van der Waals surface area contributed by atoms with Crippen LogP contribution in [0.25, 0.3) is 0 Å². The van der Waals surface area contributed by atoms with E-state index >= 15 is 0 Å². The van der Waals surface area contributed by atoms with E-state index < -0.39 is 0 Å². The Bertz CT molecular complexity index is 1180. The van der Waals surface area contributed by atoms with Crippen molar-refractivity contribution >= 4 is 46.3 Å². The molecule has 1 aromatic heterocycles. The van der Waals surface area contributed by atoms with Crippen LogP contribution in [0.2, 0.25) is 0 Å². The minimum Gasteiger partial charge on any atom is -0.497 e. The highest BCUT2D eigenvalue weighted by Gasteiger charge is 2.22. The number of benzene rings is 2. The molecule has 0 unspecified atom stereocenters. The number of hydrogen-bond acceptors (Lipinski definition) is 8. The second-order valence-corrected chi connectivity index (χ2v) is 10.3. The lowest BCUT2D eigenvalue weighted by Gasteiger charge is -2.36. The molecule has 9 heteroatoms. The van der Waals surface area contributed by atoms with Crippen LogP contribution in [-0.4, -0.2) is 66.4 Å². The number of nitrogens with zero attached hydrogens (tertiary/aromatic N) is 3. The SMILES string of the molecule is COc1ccc(C(=O)CSc2nc(CC(=O)N3CCN(c4ccc(C(C)=O)cc4)CC3)cs2)cc1. The predicted octanol–water partition coefficient (Wildman–Crippen LogP) is 4.22. The van der Waals surface area contributed by atoms with Crippen LogP contribution in [0.15, 0.2) is 58.3 Å². The van der Waals surface area contributed by atoms with Crippen molar-refractivity contribution in [2.75, 3.05) is 43.9 Å². The van der Waals surface area contributed by atoms with Crippen LogP contribution in [0.3, 0.4) is 0 Å². The van der Waals surface area contributed by atoms with Crippen LogP contribution in [0.4, 0.5) is 5.69 Å². The Kier molecular flexibility index (Phi) is 8.20. The summed E-state index contributed by atoms with van der Waals surface area (Å²) in [6.45, 7) is 4.35. The lowest BCUT2D eigenvalue weighted by Crippen LogP contribution is -2.49. The highest BCUT2D eigenvalue weighted by molar-refractivity contribution is 8.01. The molecule has 2 heterocycles. The summed E-state index contributed by atoms with van der Waals surface area (Å²) in [5, 5.41) is 1.89. The molecule has 1 aliphatic heterocycles. The van der Waals surface area contributed by atoms with Gasteiger partial charge in [0.15, 0.2) is 15.9 Å². The first-order chi connectivity index (χ1) is 16.9. The van der Waals surface area contributed by atoms with Gasteiger partial charge in [-0.3, -0.25) is 14.4 Å². The summed E-state index contributed by atoms with van der Waals surface area (Å²) < 4.78 is 5.91. The van der Waals surface area contributed by atoms with Gasteiger partial charge in [0, 0.05) is 48.4 Å². The van der Waals surface area contributed by atoms with Crippen LogP contribution in [0, 0.1) is 0 Å². The minimum atomic E-state index is 0.0271. The number of anilines is 1. The van der Waals surface area contributed by atoms with E-state index in [4.69, 9.17) is 4.74 Å². The summed E-state index contributed by atoms with van der Waals surface area (Å²) in [6, 6.07) is 14.7. The minimum absolute atomic E-state index is 0.0271. The molecule has 0 saturated carbocycles. The van der Waals surface area contributed by atoms with Gasteiger partial charge in [0.05, 0.1) is 25.0 Å². The summed E-state index contributed by atoms with van der Waals surface area (Å²) in [5.41, 5.74) is 3.14. The quantitative estimate of drug-likeness (QED) is 0.316. The number of aromatic nitrogens is 1. The molecule has 1 fully saturated rings. The topological polar surface area (TPSA) is 79.8 Å². The molecule has 3 aromatic rings. The first-order valence-corrected chi connectivity index (χ1v) is 13.2. The lowest BCUT2D eigenvalue weighted by atomic mass is 10.1. The number of ether oxygens (including phenoxy) is 1. The van der Waals surface area contributed by atoms with E-state index in [1.54, 1.807) is 38.3 Å². The normalized spacial score (nSPS) is 13.5. The Labute approximate surface area is 213 Å². The maximum atomic E-state index is 12.8. The van der Waals surface area contributed by atoms with Crippen molar-refractivity contribution in [1.29, 1.82) is 0 Å². The molecule has 0 spiro atoms. The van der Waals surface area contributed by atoms with Crippen molar-refractivity contribution in [3.05, 3.63) is 70.7 Å². The predicted molar refractivity (Wildman–Crippen MR) is 139 cm³/mol. The second kappa shape index (κ2) is 11.5. The van der Waals surface area contributed by atoms with Gasteiger partial charge in [0.25, 0.3) is 0 Å². The molecule has 2 aromatic carbocycles. The molecular weight excluding hydrogens is 482 g/mol. The van der Waals surface area contributed by atoms with E-state index in [1.165, 1.54) is 23.1 Å². The van der Waals surface area contributed by atoms with Gasteiger partial charge in [0.1, 0.15) is 5.75 Å². The van der Waals surface area contributed by atoms with E-state index in [1.807, 2.05) is 34.5 Å². The van der Waals surface area contributed by atoms with Gasteiger partial charge in [-0.1, -0.05) is 11.8 Å². The van der Waals surface area contributed by atoms with Crippen LogP contribution < -0.4 is 9.64 Å². The number of ketones is 2. The third kappa shape index (κ3) is 6.49. The van der Waals surface area contributed by atoms with Crippen molar-refractivity contribution in [3.8, 4) is 5.75 Å². The summed E-state index contributed by atoms with van der Waals surface area (Å²) in [5.74, 6) is 1.15. The number of amides is 1. The number of hydrogen-bond donors (Lipinski definition) is 0. The van der Waals surface area contributed by atoms with Crippen molar-refractivity contribution in [3.63, 3.8) is 0 Å². The van der Waals surface area contributed by atoms with Gasteiger partial charge in [0.2, 0.25) is 5.91 Å². The fourth-order valence-electron chi connectivity index (χ4n) is 3.81. The Balaban J connectivity index is 1.23. The van der Waals surface area contributed by atoms with Crippen LogP contribution in [0.5, 0.6) is 5.75 Å². The number of thiazole rings is 1. The third-order valence-corrected chi connectivity index (χ3v) is 7.94. The number of Topliss-reactive ketones (excluding diaryl/α,β-unsaturated/α-hetero) is 2. The van der Waals surface area contributed by atoms with Gasteiger partial charge in [-0.15, -0.1) is 11.3 Å². The molecule has 7 nitrogen and oxygen atoms in total. The molecule has 0 aliphatic carbocycles. The highest BCUT2D eigenvalue weighted by Crippen LogP contribution is 2.25. The number of methoxy groups -OCH3 is 1. The summed E-state index contributed by atoms with van der Waals surface area (Å²) in [7, 11) is 1.59. The molecule has 1 aliphatic rings. The third-order valence-electron chi connectivity index (χ3n) is 5.87. The van der Waals surface area contributed by atoms with E-state index in [2.05, 4.69) is 9.88 Å². The van der Waals surface area contributed by atoms with Gasteiger partial charge >= 0.3 is 0 Å². The zero-order valence-electron chi connectivity index (χ0n) is 19.7. The Hall–Kier alpha value is -3.17. The average Bonchev–Trinajstić information content (AvgIpc) is 3.34. The van der Waals surface area contributed by atoms with Gasteiger partial charge in [-0.25, -0.2) is 4.98 Å². The highest BCUT2D eigenvalue weighted by atomic mass is 32.2. The van der Waals surface area contributed by atoms with Gasteiger partial charge in [-0.2, -0.15) is 0 Å². The van der Waals surface area contributed by atoms with E-state index in [0.29, 0.717) is 35.7 Å². The standard InChI is InChI=1S/C26H27N3O4S2/c1-18(30)19-3-7-22(8-4-19)28-11-13-29(14-12-28)25(32)15-21-16-34-26(27-21)35-17-24(31)20-5-9-23(33-2)10-6-20/h3-10,16H,11-15,17H2,1-2H3. The number of carbonyl (C=O) groups excluding carboxylic acids is 3. The van der Waals surface area contributed by atoms with Crippen molar-refractivity contribution < 1.29 is 19.1 Å². The molecule has 182 valence electrons. The Morgan fingerprint density at radius 2 is 1.63 bits per heavy atom. The molecule has 4 rings (SSSR count). The monoisotopic (exact) mass is 509 g/mol. The van der Waals surface area contributed by atoms with Crippen LogP contribution in [0.1, 0.15) is 33.3 Å². The number of piperazine rings is 1. The Morgan fingerprint density at radius 3 is 2.26 bits per heavy atom. The lowest BCUT2D eigenvalue weighted by molar-refractivity contribution is -0.130. The first-order valence-electron chi connectivity index (χ1n) is 11.3. The number of carbonyl (C=O) groups is 3. The second-order valence-electron chi connectivity index (χ2n) is 8.19. The summed E-state index contributed by atoms with van der Waals surface area (Å²) >= 11 is 2.85. The van der Waals surface area contributed by atoms with Crippen LogP contribution in [-0.2, 0) is 11.2 Å². The number of thioether (sulfide) groups is 1. The molecule has 0 atom stereocenters. The maximum Gasteiger partial charge on any atom is 0.228 e. The molecule has 0 N–H and O–H groups in total. The van der Waals surface area contributed by atoms with E-state index in [0.717, 1.165) is 28.8 Å². The zero-order valence-corrected chi connectivity index (χ0v) is 21.4. The fraction of sp³-hybridized carbons (Fsp3) is 0.308. The van der Waals surface area contributed by atoms with Crippen molar-refractivity contribution in [2.45, 2.75) is 17.7 Å². The number of rotatable bonds is 9. The van der Waals surface area contributed by atoms with Gasteiger partial charge < -0.3 is 14.5 Å². The maximum absolute atomic E-state index is 12.8. The summed E-state index contributed by atoms with van der Waals surface area (Å²) in [6.07, 6.45) is 0.261. The van der Waals surface area contributed by atoms with E-state index in [9.17, 15) is 14.4 Å². The van der Waals surface area contributed by atoms with E-state index in [-0.39, 0.29) is 23.9 Å². The first kappa shape index (κ1) is 24.9. The smallest absolute Gasteiger partial charge is 0.228 e. The van der Waals surface area contributed by atoms with Crippen molar-refractivity contribution in [2.24, 2.45) is 0 Å². The zero-order chi connectivity index (χ0) is 24.8. The average molecular weight is 510 g/mol. The molecular formula is C26H27N3O4S2. The fourth-order valence-corrected chi connectivity index (χ4v) is 5.55. The molecule has 0 radical (unpaired) electrons. The largest absolute Gasteiger partial charge is 0.497 e. The Morgan fingerprint density at radius 1 is 0.971 bits per heavy atom. The van der Waals surface area contributed by atoms with Crippen molar-refractivity contribution in [1.82, 2.24) is 9.88 Å². The summed E-state index contributed by atoms with van der Waals surface area (Å²) in [4.78, 5) is 45.3. The molecule has 0 bridgehead atoms. The molecule has 35 heavy (non-hydrogen) atoms. The molecule has 1 saturated heterocycles. The molecule has 1 amide bonds.